The highest BCUT2D eigenvalue weighted by Gasteiger charge is 2.22. The van der Waals surface area contributed by atoms with E-state index in [1.807, 2.05) is 19.2 Å². The van der Waals surface area contributed by atoms with Crippen LogP contribution in [-0.2, 0) is 6.54 Å². The van der Waals surface area contributed by atoms with E-state index in [9.17, 15) is 0 Å². The van der Waals surface area contributed by atoms with Gasteiger partial charge in [-0.25, -0.2) is 15.0 Å². The molecule has 2 aromatic heterocycles. The fraction of sp³-hybridized carbons (Fsp3) is 0.524. The molecule has 162 valence electrons. The van der Waals surface area contributed by atoms with Crippen LogP contribution in [0.2, 0.25) is 0 Å². The minimum absolute atomic E-state index is 0. The van der Waals surface area contributed by atoms with E-state index in [4.69, 9.17) is 4.74 Å². The van der Waals surface area contributed by atoms with Crippen LogP contribution in [0.1, 0.15) is 31.2 Å². The number of guanidine groups is 1. The van der Waals surface area contributed by atoms with Gasteiger partial charge in [-0.1, -0.05) is 6.07 Å². The number of rotatable bonds is 5. The van der Waals surface area contributed by atoms with E-state index in [0.29, 0.717) is 12.6 Å². The molecule has 1 saturated carbocycles. The molecule has 9 heteroatoms. The van der Waals surface area contributed by atoms with Crippen LogP contribution in [0, 0.1) is 0 Å². The first-order valence-corrected chi connectivity index (χ1v) is 10.4. The van der Waals surface area contributed by atoms with Gasteiger partial charge in [0, 0.05) is 63.9 Å². The van der Waals surface area contributed by atoms with Gasteiger partial charge >= 0.3 is 0 Å². The lowest BCUT2D eigenvalue weighted by atomic mass is 10.2. The van der Waals surface area contributed by atoms with E-state index in [1.165, 1.54) is 12.8 Å². The number of aliphatic imine (C=N–C) groups is 1. The second-order valence-electron chi connectivity index (χ2n) is 7.42. The lowest BCUT2D eigenvalue weighted by Crippen LogP contribution is -2.52. The lowest BCUT2D eigenvalue weighted by molar-refractivity contribution is 0.199. The van der Waals surface area contributed by atoms with Crippen LogP contribution >= 0.6 is 24.0 Å². The van der Waals surface area contributed by atoms with Crippen molar-refractivity contribution in [2.45, 2.75) is 38.3 Å². The molecule has 8 nitrogen and oxygen atoms in total. The van der Waals surface area contributed by atoms with E-state index < -0.39 is 0 Å². The summed E-state index contributed by atoms with van der Waals surface area (Å²) in [6, 6.07) is 5.87. The molecule has 4 rings (SSSR count). The van der Waals surface area contributed by atoms with Gasteiger partial charge in [-0.15, -0.1) is 24.0 Å². The summed E-state index contributed by atoms with van der Waals surface area (Å²) in [5, 5.41) is 3.48. The van der Waals surface area contributed by atoms with Crippen molar-refractivity contribution in [2.24, 2.45) is 4.99 Å². The van der Waals surface area contributed by atoms with Crippen molar-refractivity contribution in [1.82, 2.24) is 25.2 Å². The number of nitrogens with one attached hydrogen (secondary N) is 1. The van der Waals surface area contributed by atoms with Gasteiger partial charge in [-0.05, 0) is 37.8 Å². The number of ether oxygens (including phenoxy) is 1. The zero-order valence-electron chi connectivity index (χ0n) is 17.4. The molecule has 1 saturated heterocycles. The maximum Gasteiger partial charge on any atom is 0.225 e. The van der Waals surface area contributed by atoms with Gasteiger partial charge in [0.15, 0.2) is 5.96 Å². The molecule has 0 atom stereocenters. The van der Waals surface area contributed by atoms with Crippen molar-refractivity contribution in [3.05, 3.63) is 42.4 Å². The molecular formula is C21H30IN7O. The van der Waals surface area contributed by atoms with Gasteiger partial charge < -0.3 is 19.9 Å². The summed E-state index contributed by atoms with van der Waals surface area (Å²) in [6.45, 7) is 4.12. The fourth-order valence-electron chi connectivity index (χ4n) is 3.91. The van der Waals surface area contributed by atoms with Crippen LogP contribution in [0.3, 0.4) is 0 Å². The predicted molar refractivity (Wildman–Crippen MR) is 129 cm³/mol. The monoisotopic (exact) mass is 523 g/mol. The SMILES string of the molecule is CN=C(NCc1cccnc1OC1CCCC1)N1CCN(c2ncccn2)CC1.I. The van der Waals surface area contributed by atoms with Gasteiger partial charge in [-0.2, -0.15) is 0 Å². The fourth-order valence-corrected chi connectivity index (χ4v) is 3.91. The number of nitrogens with zero attached hydrogens (tertiary/aromatic N) is 6. The van der Waals surface area contributed by atoms with Crippen molar-refractivity contribution in [2.75, 3.05) is 38.1 Å². The molecule has 2 aliphatic rings. The first kappa shape index (κ1) is 22.5. The van der Waals surface area contributed by atoms with E-state index in [1.54, 1.807) is 18.6 Å². The third kappa shape index (κ3) is 5.71. The van der Waals surface area contributed by atoms with Gasteiger partial charge in [-0.3, -0.25) is 4.99 Å². The van der Waals surface area contributed by atoms with Crippen molar-refractivity contribution < 1.29 is 4.74 Å². The normalized spacial score (nSPS) is 17.6. The molecule has 0 amide bonds. The summed E-state index contributed by atoms with van der Waals surface area (Å²) >= 11 is 0. The Labute approximate surface area is 195 Å². The standard InChI is InChI=1S/C21H29N7O.HI/c1-22-20(27-12-14-28(15-13-27)21-24-10-5-11-25-21)26-16-17-6-4-9-23-19(17)29-18-7-2-3-8-18;/h4-6,9-11,18H,2-3,7-8,12-16H2,1H3,(H,22,26);1H. The molecule has 0 aromatic carbocycles. The van der Waals surface area contributed by atoms with E-state index >= 15 is 0 Å². The molecular weight excluding hydrogens is 493 g/mol. The van der Waals surface area contributed by atoms with Gasteiger partial charge in [0.05, 0.1) is 0 Å². The Morgan fingerprint density at radius 3 is 2.47 bits per heavy atom. The van der Waals surface area contributed by atoms with Crippen molar-refractivity contribution >= 4 is 35.9 Å². The smallest absolute Gasteiger partial charge is 0.225 e. The van der Waals surface area contributed by atoms with Crippen LogP contribution in [-0.4, -0.2) is 65.1 Å². The summed E-state index contributed by atoms with van der Waals surface area (Å²) in [5.41, 5.74) is 1.07. The van der Waals surface area contributed by atoms with Gasteiger partial charge in [0.1, 0.15) is 6.10 Å². The molecule has 2 aromatic rings. The van der Waals surface area contributed by atoms with Crippen LogP contribution in [0.5, 0.6) is 5.88 Å². The Bertz CT molecular complexity index is 806. The Morgan fingerprint density at radius 1 is 1.07 bits per heavy atom. The van der Waals surface area contributed by atoms with E-state index in [-0.39, 0.29) is 24.0 Å². The molecule has 30 heavy (non-hydrogen) atoms. The number of aromatic nitrogens is 3. The number of pyridine rings is 1. The Balaban J connectivity index is 0.00000256. The summed E-state index contributed by atoms with van der Waals surface area (Å²) in [4.78, 5) is 22.1. The van der Waals surface area contributed by atoms with Crippen molar-refractivity contribution in [1.29, 1.82) is 0 Å². The number of anilines is 1. The van der Waals surface area contributed by atoms with Crippen LogP contribution in [0.4, 0.5) is 5.95 Å². The Kier molecular flexibility index (Phi) is 8.47. The van der Waals surface area contributed by atoms with Gasteiger partial charge in [0.25, 0.3) is 0 Å². The molecule has 0 spiro atoms. The topological polar surface area (TPSA) is 78.8 Å². The molecule has 0 bridgehead atoms. The van der Waals surface area contributed by atoms with E-state index in [0.717, 1.165) is 62.4 Å². The molecule has 1 aliphatic carbocycles. The van der Waals surface area contributed by atoms with E-state index in [2.05, 4.69) is 41.1 Å². The molecule has 3 heterocycles. The minimum atomic E-state index is 0. The maximum absolute atomic E-state index is 6.16. The molecule has 0 unspecified atom stereocenters. The summed E-state index contributed by atoms with van der Waals surface area (Å²) in [5.74, 6) is 2.43. The van der Waals surface area contributed by atoms with Crippen LogP contribution in [0.15, 0.2) is 41.8 Å². The molecule has 2 fully saturated rings. The Hall–Kier alpha value is -2.17. The first-order valence-electron chi connectivity index (χ1n) is 10.4. The molecule has 1 aliphatic heterocycles. The number of hydrogen-bond acceptors (Lipinski definition) is 6. The van der Waals surface area contributed by atoms with Crippen molar-refractivity contribution in [3.8, 4) is 5.88 Å². The maximum atomic E-state index is 6.16. The number of halogens is 1. The van der Waals surface area contributed by atoms with Crippen LogP contribution in [0.25, 0.3) is 0 Å². The summed E-state index contributed by atoms with van der Waals surface area (Å²) in [7, 11) is 1.83. The number of hydrogen-bond donors (Lipinski definition) is 1. The lowest BCUT2D eigenvalue weighted by Gasteiger charge is -2.36. The molecule has 1 N–H and O–H groups in total. The minimum Gasteiger partial charge on any atom is -0.474 e. The second-order valence-corrected chi connectivity index (χ2v) is 7.42. The number of piperazine rings is 1. The molecule has 0 radical (unpaired) electrons. The second kappa shape index (κ2) is 11.3. The highest BCUT2D eigenvalue weighted by Crippen LogP contribution is 2.25. The third-order valence-corrected chi connectivity index (χ3v) is 5.49. The van der Waals surface area contributed by atoms with Crippen molar-refractivity contribution in [3.63, 3.8) is 0 Å². The Morgan fingerprint density at radius 2 is 1.77 bits per heavy atom. The largest absolute Gasteiger partial charge is 0.474 e. The highest BCUT2D eigenvalue weighted by atomic mass is 127. The average molecular weight is 523 g/mol. The predicted octanol–water partition coefficient (Wildman–Crippen LogP) is 2.71. The quantitative estimate of drug-likeness (QED) is 0.367. The summed E-state index contributed by atoms with van der Waals surface area (Å²) < 4.78 is 6.16. The summed E-state index contributed by atoms with van der Waals surface area (Å²) in [6.07, 6.45) is 10.4. The third-order valence-electron chi connectivity index (χ3n) is 5.49. The zero-order valence-corrected chi connectivity index (χ0v) is 19.7. The highest BCUT2D eigenvalue weighted by molar-refractivity contribution is 14.0. The van der Waals surface area contributed by atoms with Gasteiger partial charge in [0.2, 0.25) is 11.8 Å². The average Bonchev–Trinajstić information content (AvgIpc) is 3.29. The van der Waals surface area contributed by atoms with Crippen LogP contribution < -0.4 is 15.0 Å². The zero-order chi connectivity index (χ0) is 19.9. The first-order chi connectivity index (χ1) is 14.3.